The van der Waals surface area contributed by atoms with E-state index in [1.807, 2.05) is 36.4 Å². The van der Waals surface area contributed by atoms with Gasteiger partial charge in [0.05, 0.1) is 6.61 Å². The van der Waals surface area contributed by atoms with Crippen LogP contribution in [0.4, 0.5) is 11.4 Å². The predicted octanol–water partition coefficient (Wildman–Crippen LogP) is 5.42. The SMILES string of the molecule is CC(C)COc1cccc(C(=O)NC(=S)Nc2ccc(NC(=O)CCc3ccccc3)cc2)c1. The van der Waals surface area contributed by atoms with Crippen LogP contribution in [0.3, 0.4) is 0 Å². The van der Waals surface area contributed by atoms with Gasteiger partial charge >= 0.3 is 0 Å². The van der Waals surface area contributed by atoms with E-state index in [0.717, 1.165) is 5.56 Å². The number of amides is 2. The van der Waals surface area contributed by atoms with Crippen molar-refractivity contribution in [1.29, 1.82) is 0 Å². The van der Waals surface area contributed by atoms with Gasteiger partial charge in [-0.2, -0.15) is 0 Å². The number of thiocarbonyl (C=S) groups is 1. The first-order chi connectivity index (χ1) is 16.4. The third kappa shape index (κ3) is 8.33. The van der Waals surface area contributed by atoms with Gasteiger partial charge in [-0.3, -0.25) is 14.9 Å². The molecule has 0 bridgehead atoms. The fourth-order valence-electron chi connectivity index (χ4n) is 3.09. The number of ether oxygens (including phenoxy) is 1. The van der Waals surface area contributed by atoms with Crippen LogP contribution in [0.25, 0.3) is 0 Å². The Labute approximate surface area is 205 Å². The topological polar surface area (TPSA) is 79.5 Å². The molecule has 3 aromatic rings. The molecule has 0 aliphatic heterocycles. The van der Waals surface area contributed by atoms with Crippen LogP contribution in [0.5, 0.6) is 5.75 Å². The van der Waals surface area contributed by atoms with Crippen LogP contribution in [-0.4, -0.2) is 23.5 Å². The summed E-state index contributed by atoms with van der Waals surface area (Å²) >= 11 is 5.27. The number of carbonyl (C=O) groups is 2. The summed E-state index contributed by atoms with van der Waals surface area (Å²) in [6.07, 6.45) is 1.09. The van der Waals surface area contributed by atoms with E-state index in [4.69, 9.17) is 17.0 Å². The molecular weight excluding hydrogens is 446 g/mol. The molecule has 0 saturated carbocycles. The zero-order chi connectivity index (χ0) is 24.3. The first kappa shape index (κ1) is 24.9. The third-order valence-corrected chi connectivity index (χ3v) is 5.02. The Bertz CT molecular complexity index is 1120. The molecule has 0 fully saturated rings. The van der Waals surface area contributed by atoms with Crippen LogP contribution in [-0.2, 0) is 11.2 Å². The number of hydrogen-bond donors (Lipinski definition) is 3. The molecule has 2 amide bonds. The molecule has 0 heterocycles. The maximum atomic E-state index is 12.5. The predicted molar refractivity (Wildman–Crippen MR) is 140 cm³/mol. The van der Waals surface area contributed by atoms with E-state index in [-0.39, 0.29) is 16.9 Å². The van der Waals surface area contributed by atoms with Crippen molar-refractivity contribution in [2.45, 2.75) is 26.7 Å². The molecule has 3 aromatic carbocycles. The highest BCUT2D eigenvalue weighted by molar-refractivity contribution is 7.80. The Hall–Kier alpha value is -3.71. The average molecular weight is 476 g/mol. The number of nitrogens with one attached hydrogen (secondary N) is 3. The van der Waals surface area contributed by atoms with Crippen LogP contribution in [0.15, 0.2) is 78.9 Å². The molecule has 176 valence electrons. The van der Waals surface area contributed by atoms with Gasteiger partial charge in [0, 0.05) is 23.4 Å². The number of benzene rings is 3. The van der Waals surface area contributed by atoms with E-state index in [0.29, 0.717) is 48.1 Å². The molecule has 3 N–H and O–H groups in total. The molecule has 0 saturated heterocycles. The van der Waals surface area contributed by atoms with Gasteiger partial charge in [-0.15, -0.1) is 0 Å². The molecule has 34 heavy (non-hydrogen) atoms. The Kier molecular flexibility index (Phi) is 9.17. The minimum Gasteiger partial charge on any atom is -0.493 e. The molecular formula is C27H29N3O3S. The van der Waals surface area contributed by atoms with Gasteiger partial charge in [0.2, 0.25) is 5.91 Å². The van der Waals surface area contributed by atoms with Crippen LogP contribution < -0.4 is 20.7 Å². The second kappa shape index (κ2) is 12.5. The Balaban J connectivity index is 1.46. The van der Waals surface area contributed by atoms with E-state index in [2.05, 4.69) is 29.8 Å². The zero-order valence-electron chi connectivity index (χ0n) is 19.3. The molecule has 6 nitrogen and oxygen atoms in total. The number of carbonyl (C=O) groups excluding carboxylic acids is 2. The molecule has 0 unspecified atom stereocenters. The van der Waals surface area contributed by atoms with E-state index in [1.54, 1.807) is 42.5 Å². The Morgan fingerprint density at radius 3 is 2.24 bits per heavy atom. The van der Waals surface area contributed by atoms with Crippen molar-refractivity contribution in [2.75, 3.05) is 17.2 Å². The molecule has 0 aliphatic rings. The van der Waals surface area contributed by atoms with Gasteiger partial charge in [-0.1, -0.05) is 50.2 Å². The van der Waals surface area contributed by atoms with Crippen molar-refractivity contribution in [3.05, 3.63) is 90.0 Å². The lowest BCUT2D eigenvalue weighted by molar-refractivity contribution is -0.116. The largest absolute Gasteiger partial charge is 0.493 e. The summed E-state index contributed by atoms with van der Waals surface area (Å²) in [7, 11) is 0. The zero-order valence-corrected chi connectivity index (χ0v) is 20.2. The van der Waals surface area contributed by atoms with E-state index < -0.39 is 0 Å². The molecule has 0 radical (unpaired) electrons. The summed E-state index contributed by atoms with van der Waals surface area (Å²) in [6, 6.07) is 24.0. The second-order valence-electron chi connectivity index (χ2n) is 8.25. The highest BCUT2D eigenvalue weighted by Crippen LogP contribution is 2.16. The van der Waals surface area contributed by atoms with Crippen molar-refractivity contribution >= 4 is 40.5 Å². The van der Waals surface area contributed by atoms with Crippen LogP contribution in [0.2, 0.25) is 0 Å². The number of aryl methyl sites for hydroxylation is 1. The molecule has 3 rings (SSSR count). The van der Waals surface area contributed by atoms with E-state index >= 15 is 0 Å². The van der Waals surface area contributed by atoms with Crippen molar-refractivity contribution in [2.24, 2.45) is 5.92 Å². The maximum absolute atomic E-state index is 12.5. The van der Waals surface area contributed by atoms with Gasteiger partial charge in [-0.05, 0) is 72.6 Å². The average Bonchev–Trinajstić information content (AvgIpc) is 2.83. The molecule has 0 atom stereocenters. The first-order valence-corrected chi connectivity index (χ1v) is 11.6. The lowest BCUT2D eigenvalue weighted by Gasteiger charge is -2.12. The Morgan fingerprint density at radius 2 is 1.56 bits per heavy atom. The van der Waals surface area contributed by atoms with Crippen molar-refractivity contribution in [3.8, 4) is 5.75 Å². The van der Waals surface area contributed by atoms with Gasteiger partial charge < -0.3 is 15.4 Å². The molecule has 7 heteroatoms. The van der Waals surface area contributed by atoms with Crippen molar-refractivity contribution < 1.29 is 14.3 Å². The standard InChI is InChI=1S/C27H29N3O3S/c1-19(2)18-33-24-10-6-9-21(17-24)26(32)30-27(34)29-23-14-12-22(13-15-23)28-25(31)16-11-20-7-4-3-5-8-20/h3-10,12-15,17,19H,11,16,18H2,1-2H3,(H,28,31)(H2,29,30,32,34). The smallest absolute Gasteiger partial charge is 0.257 e. The van der Waals surface area contributed by atoms with Crippen LogP contribution in [0.1, 0.15) is 36.2 Å². The van der Waals surface area contributed by atoms with Crippen LogP contribution in [0, 0.1) is 5.92 Å². The Morgan fingerprint density at radius 1 is 0.882 bits per heavy atom. The fourth-order valence-corrected chi connectivity index (χ4v) is 3.30. The lowest BCUT2D eigenvalue weighted by Crippen LogP contribution is -2.34. The lowest BCUT2D eigenvalue weighted by atomic mass is 10.1. The highest BCUT2D eigenvalue weighted by Gasteiger charge is 2.10. The van der Waals surface area contributed by atoms with Crippen molar-refractivity contribution in [1.82, 2.24) is 5.32 Å². The second-order valence-corrected chi connectivity index (χ2v) is 8.66. The van der Waals surface area contributed by atoms with Gasteiger partial charge in [0.1, 0.15) is 5.75 Å². The summed E-state index contributed by atoms with van der Waals surface area (Å²) in [5.41, 5.74) is 2.97. The van der Waals surface area contributed by atoms with Gasteiger partial charge in [0.15, 0.2) is 5.11 Å². The summed E-state index contributed by atoms with van der Waals surface area (Å²) < 4.78 is 5.68. The van der Waals surface area contributed by atoms with E-state index in [9.17, 15) is 9.59 Å². The first-order valence-electron chi connectivity index (χ1n) is 11.2. The van der Waals surface area contributed by atoms with Crippen molar-refractivity contribution in [3.63, 3.8) is 0 Å². The molecule has 0 aliphatic carbocycles. The van der Waals surface area contributed by atoms with Gasteiger partial charge in [0.25, 0.3) is 5.91 Å². The molecule has 0 aromatic heterocycles. The third-order valence-electron chi connectivity index (χ3n) is 4.82. The van der Waals surface area contributed by atoms with E-state index in [1.165, 1.54) is 0 Å². The normalized spacial score (nSPS) is 10.4. The number of anilines is 2. The number of hydrogen-bond acceptors (Lipinski definition) is 4. The summed E-state index contributed by atoms with van der Waals surface area (Å²) in [4.78, 5) is 24.7. The number of rotatable bonds is 9. The summed E-state index contributed by atoms with van der Waals surface area (Å²) in [5.74, 6) is 0.659. The minimum atomic E-state index is -0.324. The monoisotopic (exact) mass is 475 g/mol. The van der Waals surface area contributed by atoms with Gasteiger partial charge in [-0.25, -0.2) is 0 Å². The minimum absolute atomic E-state index is 0.0491. The van der Waals surface area contributed by atoms with Crippen LogP contribution >= 0.6 is 12.2 Å². The maximum Gasteiger partial charge on any atom is 0.257 e. The quantitative estimate of drug-likeness (QED) is 0.360. The summed E-state index contributed by atoms with van der Waals surface area (Å²) in [6.45, 7) is 4.70. The molecule has 0 spiro atoms. The fraction of sp³-hybridized carbons (Fsp3) is 0.222. The summed E-state index contributed by atoms with van der Waals surface area (Å²) in [5, 5.41) is 8.72. The highest BCUT2D eigenvalue weighted by atomic mass is 32.1.